The fraction of sp³-hybridized carbons (Fsp3) is 0.0741. The highest BCUT2D eigenvalue weighted by molar-refractivity contribution is 9.10. The van der Waals surface area contributed by atoms with Crippen LogP contribution >= 0.6 is 27.3 Å². The van der Waals surface area contributed by atoms with Gasteiger partial charge in [-0.2, -0.15) is 0 Å². The van der Waals surface area contributed by atoms with E-state index in [1.54, 1.807) is 31.4 Å². The topological polar surface area (TPSA) is 81.4 Å². The summed E-state index contributed by atoms with van der Waals surface area (Å²) in [5.74, 6) is -0.283. The Hall–Kier alpha value is -3.75. The van der Waals surface area contributed by atoms with Crippen LogP contribution in [0.15, 0.2) is 87.3 Å². The van der Waals surface area contributed by atoms with Gasteiger partial charge in [-0.15, -0.1) is 11.3 Å². The molecule has 2 aromatic carbocycles. The van der Waals surface area contributed by atoms with Crippen molar-refractivity contribution in [3.8, 4) is 22.6 Å². The molecule has 0 fully saturated rings. The Morgan fingerprint density at radius 1 is 1.09 bits per heavy atom. The third-order valence-electron chi connectivity index (χ3n) is 5.39. The molecular weight excluding hydrogens is 528 g/mol. The van der Waals surface area contributed by atoms with Gasteiger partial charge in [-0.25, -0.2) is 9.78 Å². The van der Waals surface area contributed by atoms with Crippen molar-refractivity contribution in [1.82, 2.24) is 4.98 Å². The summed E-state index contributed by atoms with van der Waals surface area (Å²) in [6.07, 6.45) is 1.56. The molecule has 0 aliphatic heterocycles. The lowest BCUT2D eigenvalue weighted by atomic mass is 10.0. The number of esters is 1. The summed E-state index contributed by atoms with van der Waals surface area (Å²) in [7, 11) is 0. The minimum Gasteiger partial charge on any atom is -0.463 e. The standard InChI is InChI=1S/C27H19BrN2O4S/c1-2-33-27(32)24-20(16-9-11-17(28)12-10-16)15-35-26(24)30-25(31)19-14-22(23-8-5-13-34-23)29-21-7-4-3-6-18(19)21/h3-15H,2H2,1H3,(H,30,31). The molecule has 0 atom stereocenters. The highest BCUT2D eigenvalue weighted by atomic mass is 79.9. The van der Waals surface area contributed by atoms with Crippen LogP contribution in [0, 0.1) is 0 Å². The van der Waals surface area contributed by atoms with Crippen molar-refractivity contribution in [2.45, 2.75) is 6.92 Å². The second-order valence-corrected chi connectivity index (χ2v) is 9.38. The van der Waals surface area contributed by atoms with Crippen LogP contribution in [-0.4, -0.2) is 23.5 Å². The van der Waals surface area contributed by atoms with Crippen LogP contribution in [0.4, 0.5) is 5.00 Å². The molecule has 0 saturated heterocycles. The first-order valence-electron chi connectivity index (χ1n) is 10.8. The van der Waals surface area contributed by atoms with E-state index in [2.05, 4.69) is 26.2 Å². The van der Waals surface area contributed by atoms with Gasteiger partial charge in [0.05, 0.1) is 24.0 Å². The average Bonchev–Trinajstić information content (AvgIpc) is 3.55. The molecule has 0 spiro atoms. The summed E-state index contributed by atoms with van der Waals surface area (Å²) >= 11 is 4.72. The van der Waals surface area contributed by atoms with E-state index >= 15 is 0 Å². The average molecular weight is 547 g/mol. The zero-order chi connectivity index (χ0) is 24.4. The van der Waals surface area contributed by atoms with Crippen molar-refractivity contribution in [2.24, 2.45) is 0 Å². The lowest BCUT2D eigenvalue weighted by Crippen LogP contribution is -2.15. The Kier molecular flexibility index (Phi) is 6.48. The number of carbonyl (C=O) groups excluding carboxylic acids is 2. The minimum atomic E-state index is -0.488. The molecule has 35 heavy (non-hydrogen) atoms. The van der Waals surface area contributed by atoms with Crippen molar-refractivity contribution < 1.29 is 18.7 Å². The summed E-state index contributed by atoms with van der Waals surface area (Å²) in [5.41, 5.74) is 3.52. The summed E-state index contributed by atoms with van der Waals surface area (Å²) in [4.78, 5) is 31.1. The molecule has 0 unspecified atom stereocenters. The third kappa shape index (κ3) is 4.62. The summed E-state index contributed by atoms with van der Waals surface area (Å²) in [6, 6.07) is 20.3. The number of rotatable bonds is 6. The molecule has 0 aliphatic rings. The molecule has 0 bridgehead atoms. The van der Waals surface area contributed by atoms with Gasteiger partial charge in [0.1, 0.15) is 16.3 Å². The van der Waals surface area contributed by atoms with Gasteiger partial charge in [0.15, 0.2) is 5.76 Å². The van der Waals surface area contributed by atoms with E-state index in [1.165, 1.54) is 11.3 Å². The fourth-order valence-corrected chi connectivity index (χ4v) is 5.00. The molecule has 3 aromatic heterocycles. The summed E-state index contributed by atoms with van der Waals surface area (Å²) in [6.45, 7) is 1.98. The molecule has 5 aromatic rings. The fourth-order valence-electron chi connectivity index (χ4n) is 3.78. The van der Waals surface area contributed by atoms with E-state index in [9.17, 15) is 9.59 Å². The summed E-state index contributed by atoms with van der Waals surface area (Å²) < 4.78 is 11.8. The van der Waals surface area contributed by atoms with Crippen LogP contribution in [0.1, 0.15) is 27.6 Å². The van der Waals surface area contributed by atoms with Crippen molar-refractivity contribution in [1.29, 1.82) is 0 Å². The Bertz CT molecular complexity index is 1530. The van der Waals surface area contributed by atoms with Crippen molar-refractivity contribution in [3.05, 3.63) is 94.0 Å². The number of anilines is 1. The number of nitrogens with zero attached hydrogens (tertiary/aromatic N) is 1. The molecule has 3 heterocycles. The number of amides is 1. The number of aromatic nitrogens is 1. The van der Waals surface area contributed by atoms with E-state index in [0.717, 1.165) is 10.0 Å². The van der Waals surface area contributed by atoms with E-state index in [1.807, 2.05) is 53.9 Å². The van der Waals surface area contributed by atoms with Gasteiger partial charge in [0, 0.05) is 20.8 Å². The van der Waals surface area contributed by atoms with Gasteiger partial charge < -0.3 is 14.5 Å². The summed E-state index contributed by atoms with van der Waals surface area (Å²) in [5, 5.41) is 5.91. The molecule has 174 valence electrons. The van der Waals surface area contributed by atoms with Crippen LogP contribution in [0.2, 0.25) is 0 Å². The van der Waals surface area contributed by atoms with Gasteiger partial charge in [0.2, 0.25) is 0 Å². The number of hydrogen-bond donors (Lipinski definition) is 1. The lowest BCUT2D eigenvalue weighted by molar-refractivity contribution is 0.0529. The molecule has 5 rings (SSSR count). The predicted octanol–water partition coefficient (Wildman–Crippen LogP) is 7.41. The smallest absolute Gasteiger partial charge is 0.341 e. The molecule has 0 aliphatic carbocycles. The number of fused-ring (bicyclic) bond motifs is 1. The van der Waals surface area contributed by atoms with Crippen molar-refractivity contribution in [3.63, 3.8) is 0 Å². The van der Waals surface area contributed by atoms with E-state index in [0.29, 0.717) is 44.0 Å². The number of carbonyl (C=O) groups is 2. The third-order valence-corrected chi connectivity index (χ3v) is 6.81. The first kappa shape index (κ1) is 23.0. The maximum atomic E-state index is 13.6. The highest BCUT2D eigenvalue weighted by Gasteiger charge is 2.24. The number of para-hydroxylation sites is 1. The van der Waals surface area contributed by atoms with E-state index in [-0.39, 0.29) is 12.5 Å². The lowest BCUT2D eigenvalue weighted by Gasteiger charge is -2.11. The molecule has 6 nitrogen and oxygen atoms in total. The number of nitrogens with one attached hydrogen (secondary N) is 1. The molecule has 0 radical (unpaired) electrons. The van der Waals surface area contributed by atoms with Crippen LogP contribution in [-0.2, 0) is 4.74 Å². The van der Waals surface area contributed by atoms with E-state index in [4.69, 9.17) is 9.15 Å². The first-order valence-corrected chi connectivity index (χ1v) is 12.5. The monoisotopic (exact) mass is 546 g/mol. The maximum Gasteiger partial charge on any atom is 0.341 e. The largest absolute Gasteiger partial charge is 0.463 e. The van der Waals surface area contributed by atoms with Gasteiger partial charge in [-0.05, 0) is 48.9 Å². The number of benzene rings is 2. The van der Waals surface area contributed by atoms with Crippen LogP contribution in [0.5, 0.6) is 0 Å². The Labute approximate surface area is 213 Å². The SMILES string of the molecule is CCOC(=O)c1c(-c2ccc(Br)cc2)csc1NC(=O)c1cc(-c2ccco2)nc2ccccc12. The molecule has 1 amide bonds. The number of hydrogen-bond acceptors (Lipinski definition) is 6. The quantitative estimate of drug-likeness (QED) is 0.224. The number of halogens is 1. The second kappa shape index (κ2) is 9.85. The normalized spacial score (nSPS) is 10.9. The van der Waals surface area contributed by atoms with Gasteiger partial charge in [-0.3, -0.25) is 4.79 Å². The van der Waals surface area contributed by atoms with Crippen molar-refractivity contribution >= 4 is 55.0 Å². The van der Waals surface area contributed by atoms with Crippen LogP contribution < -0.4 is 5.32 Å². The van der Waals surface area contributed by atoms with E-state index < -0.39 is 5.97 Å². The zero-order valence-corrected chi connectivity index (χ0v) is 21.0. The highest BCUT2D eigenvalue weighted by Crippen LogP contribution is 2.37. The Balaban J connectivity index is 1.57. The Morgan fingerprint density at radius 2 is 1.89 bits per heavy atom. The number of thiophene rings is 1. The number of pyridine rings is 1. The van der Waals surface area contributed by atoms with Crippen LogP contribution in [0.3, 0.4) is 0 Å². The molecule has 8 heteroatoms. The maximum absolute atomic E-state index is 13.6. The molecule has 1 N–H and O–H groups in total. The first-order chi connectivity index (χ1) is 17.0. The van der Waals surface area contributed by atoms with Gasteiger partial charge >= 0.3 is 5.97 Å². The van der Waals surface area contributed by atoms with Gasteiger partial charge in [-0.1, -0.05) is 46.3 Å². The minimum absolute atomic E-state index is 0.226. The van der Waals surface area contributed by atoms with Crippen LogP contribution in [0.25, 0.3) is 33.5 Å². The molecule has 0 saturated carbocycles. The zero-order valence-electron chi connectivity index (χ0n) is 18.6. The Morgan fingerprint density at radius 3 is 2.63 bits per heavy atom. The van der Waals surface area contributed by atoms with Gasteiger partial charge in [0.25, 0.3) is 5.91 Å². The number of furan rings is 1. The van der Waals surface area contributed by atoms with Crippen molar-refractivity contribution in [2.75, 3.05) is 11.9 Å². The predicted molar refractivity (Wildman–Crippen MR) is 141 cm³/mol. The second-order valence-electron chi connectivity index (χ2n) is 7.58. The number of ether oxygens (including phenoxy) is 1. The molecular formula is C27H19BrN2O4S.